The third-order valence-electron chi connectivity index (χ3n) is 2.67. The van der Waals surface area contributed by atoms with Gasteiger partial charge in [-0.05, 0) is 19.1 Å². The number of pyridine rings is 1. The zero-order chi connectivity index (χ0) is 14.0. The van der Waals surface area contributed by atoms with Crippen LogP contribution >= 0.6 is 0 Å². The number of rotatable bonds is 3. The van der Waals surface area contributed by atoms with E-state index in [0.717, 1.165) is 0 Å². The Labute approximate surface area is 108 Å². The molecule has 2 rings (SSSR count). The lowest BCUT2D eigenvalue weighted by Gasteiger charge is -2.08. The van der Waals surface area contributed by atoms with Gasteiger partial charge in [0.15, 0.2) is 0 Å². The van der Waals surface area contributed by atoms with Gasteiger partial charge in [-0.1, -0.05) is 12.7 Å². The highest BCUT2D eigenvalue weighted by Crippen LogP contribution is 2.45. The molecule has 0 aliphatic rings. The third-order valence-corrected chi connectivity index (χ3v) is 2.67. The molecule has 0 saturated carbocycles. The van der Waals surface area contributed by atoms with E-state index in [9.17, 15) is 15.2 Å². The Morgan fingerprint density at radius 2 is 2.32 bits per heavy atom. The zero-order valence-electron chi connectivity index (χ0n) is 10.2. The molecule has 1 N–H and O–H groups in total. The summed E-state index contributed by atoms with van der Waals surface area (Å²) in [7, 11) is 0. The molecule has 0 spiro atoms. The van der Waals surface area contributed by atoms with Gasteiger partial charge in [0.1, 0.15) is 5.69 Å². The number of phenols is 1. The van der Waals surface area contributed by atoms with Gasteiger partial charge < -0.3 is 5.11 Å². The predicted octanol–water partition coefficient (Wildman–Crippen LogP) is 3.21. The number of hydrogen-bond acceptors (Lipinski definition) is 5. The standard InChI is InChI=1S/C13H11N3O3/c1-3-8-10-9(6-5-7-15-10)12(16(18)19)13(17)11(8)14-4-2/h3-7,17H,1H2,2H3. The highest BCUT2D eigenvalue weighted by Gasteiger charge is 2.25. The second-order valence-electron chi connectivity index (χ2n) is 3.71. The lowest BCUT2D eigenvalue weighted by Crippen LogP contribution is -1.94. The van der Waals surface area contributed by atoms with Crippen LogP contribution < -0.4 is 0 Å². The van der Waals surface area contributed by atoms with Gasteiger partial charge in [0, 0.05) is 18.0 Å². The molecule has 0 bridgehead atoms. The van der Waals surface area contributed by atoms with E-state index in [1.165, 1.54) is 24.6 Å². The molecule has 0 unspecified atom stereocenters. The molecule has 96 valence electrons. The van der Waals surface area contributed by atoms with Crippen LogP contribution in [0.1, 0.15) is 12.5 Å². The molecule has 19 heavy (non-hydrogen) atoms. The lowest BCUT2D eigenvalue weighted by atomic mass is 10.0. The van der Waals surface area contributed by atoms with E-state index in [1.807, 2.05) is 0 Å². The second kappa shape index (κ2) is 4.85. The summed E-state index contributed by atoms with van der Waals surface area (Å²) in [6, 6.07) is 3.11. The van der Waals surface area contributed by atoms with E-state index in [2.05, 4.69) is 16.6 Å². The quantitative estimate of drug-likeness (QED) is 0.519. The van der Waals surface area contributed by atoms with E-state index in [-0.39, 0.29) is 11.1 Å². The van der Waals surface area contributed by atoms with Gasteiger partial charge in [-0.15, -0.1) is 0 Å². The van der Waals surface area contributed by atoms with Crippen molar-refractivity contribution in [3.05, 3.63) is 40.6 Å². The number of aromatic nitrogens is 1. The Hall–Kier alpha value is -2.76. The maximum absolute atomic E-state index is 11.1. The maximum Gasteiger partial charge on any atom is 0.322 e. The van der Waals surface area contributed by atoms with Crippen LogP contribution in [-0.4, -0.2) is 21.2 Å². The van der Waals surface area contributed by atoms with Crippen LogP contribution in [0.2, 0.25) is 0 Å². The molecule has 1 heterocycles. The summed E-state index contributed by atoms with van der Waals surface area (Å²) in [5.74, 6) is -0.474. The van der Waals surface area contributed by atoms with E-state index < -0.39 is 16.4 Å². The lowest BCUT2D eigenvalue weighted by molar-refractivity contribution is -0.384. The van der Waals surface area contributed by atoms with E-state index in [4.69, 9.17) is 0 Å². The van der Waals surface area contributed by atoms with Crippen LogP contribution in [0.25, 0.3) is 17.0 Å². The van der Waals surface area contributed by atoms with Crippen LogP contribution in [0.4, 0.5) is 11.4 Å². The van der Waals surface area contributed by atoms with Crippen molar-refractivity contribution in [1.29, 1.82) is 0 Å². The molecule has 2 aromatic rings. The highest BCUT2D eigenvalue weighted by molar-refractivity contribution is 6.02. The second-order valence-corrected chi connectivity index (χ2v) is 3.71. The summed E-state index contributed by atoms with van der Waals surface area (Å²) in [6.45, 7) is 5.30. The highest BCUT2D eigenvalue weighted by atomic mass is 16.6. The van der Waals surface area contributed by atoms with Crippen LogP contribution in [0.15, 0.2) is 29.9 Å². The molecule has 6 heteroatoms. The monoisotopic (exact) mass is 257 g/mol. The topological polar surface area (TPSA) is 88.6 Å². The summed E-state index contributed by atoms with van der Waals surface area (Å²) in [5.41, 5.74) is 0.573. The van der Waals surface area contributed by atoms with Gasteiger partial charge >= 0.3 is 5.69 Å². The van der Waals surface area contributed by atoms with Crippen LogP contribution in [0.3, 0.4) is 0 Å². The molecule has 0 aliphatic heterocycles. The summed E-state index contributed by atoms with van der Waals surface area (Å²) >= 11 is 0. The first-order chi connectivity index (χ1) is 9.11. The Bertz CT molecular complexity index is 708. The largest absolute Gasteiger partial charge is 0.501 e. The summed E-state index contributed by atoms with van der Waals surface area (Å²) < 4.78 is 0. The van der Waals surface area contributed by atoms with Crippen molar-refractivity contribution >= 4 is 34.6 Å². The maximum atomic E-state index is 11.1. The van der Waals surface area contributed by atoms with Gasteiger partial charge in [0.05, 0.1) is 15.8 Å². The molecule has 0 saturated heterocycles. The number of benzene rings is 1. The van der Waals surface area contributed by atoms with Crippen molar-refractivity contribution in [1.82, 2.24) is 4.98 Å². The first-order valence-corrected chi connectivity index (χ1v) is 5.51. The number of aromatic hydroxyl groups is 1. The normalized spacial score (nSPS) is 11.0. The molecule has 1 aromatic heterocycles. The molecule has 0 amide bonds. The molecular weight excluding hydrogens is 246 g/mol. The summed E-state index contributed by atoms with van der Waals surface area (Å²) in [6.07, 6.45) is 4.44. The smallest absolute Gasteiger partial charge is 0.322 e. The first-order valence-electron chi connectivity index (χ1n) is 5.51. The fourth-order valence-electron chi connectivity index (χ4n) is 1.93. The van der Waals surface area contributed by atoms with Crippen LogP contribution in [0, 0.1) is 10.1 Å². The average molecular weight is 257 g/mol. The van der Waals surface area contributed by atoms with E-state index in [0.29, 0.717) is 11.1 Å². The zero-order valence-corrected chi connectivity index (χ0v) is 10.2. The van der Waals surface area contributed by atoms with Gasteiger partial charge in [-0.3, -0.25) is 20.1 Å². The molecule has 0 atom stereocenters. The minimum absolute atomic E-state index is 0.107. The number of nitro groups is 1. The Morgan fingerprint density at radius 1 is 1.58 bits per heavy atom. The van der Waals surface area contributed by atoms with Gasteiger partial charge in [-0.25, -0.2) is 0 Å². The van der Waals surface area contributed by atoms with Crippen molar-refractivity contribution in [2.24, 2.45) is 4.99 Å². The molecular formula is C13H11N3O3. The van der Waals surface area contributed by atoms with Crippen molar-refractivity contribution in [2.75, 3.05) is 0 Å². The van der Waals surface area contributed by atoms with Gasteiger partial charge in [0.25, 0.3) is 0 Å². The van der Waals surface area contributed by atoms with Crippen LogP contribution in [0.5, 0.6) is 5.75 Å². The minimum atomic E-state index is -0.638. The van der Waals surface area contributed by atoms with E-state index in [1.54, 1.807) is 13.0 Å². The van der Waals surface area contributed by atoms with Crippen molar-refractivity contribution in [3.63, 3.8) is 0 Å². The van der Waals surface area contributed by atoms with Crippen molar-refractivity contribution in [3.8, 4) is 5.75 Å². The molecule has 0 fully saturated rings. The molecule has 1 aromatic carbocycles. The number of hydrogen-bond donors (Lipinski definition) is 1. The van der Waals surface area contributed by atoms with Gasteiger partial charge in [0.2, 0.25) is 5.75 Å². The number of aliphatic imine (C=N–C) groups is 1. The fourth-order valence-corrected chi connectivity index (χ4v) is 1.93. The van der Waals surface area contributed by atoms with Gasteiger partial charge in [-0.2, -0.15) is 0 Å². The Morgan fingerprint density at radius 3 is 2.89 bits per heavy atom. The summed E-state index contributed by atoms with van der Waals surface area (Å²) in [5, 5.41) is 21.5. The average Bonchev–Trinajstić information content (AvgIpc) is 2.39. The number of nitrogens with zero attached hydrogens (tertiary/aromatic N) is 3. The van der Waals surface area contributed by atoms with Crippen molar-refractivity contribution in [2.45, 2.75) is 6.92 Å². The predicted molar refractivity (Wildman–Crippen MR) is 74.0 cm³/mol. The molecule has 6 nitrogen and oxygen atoms in total. The Balaban J connectivity index is 3.06. The Kier molecular flexibility index (Phi) is 3.24. The van der Waals surface area contributed by atoms with Crippen LogP contribution in [-0.2, 0) is 0 Å². The SMILES string of the molecule is C=Cc1c(N=CC)c(O)c([N+](=O)[O-])c2cccnc12. The summed E-state index contributed by atoms with van der Waals surface area (Å²) in [4.78, 5) is 18.6. The minimum Gasteiger partial charge on any atom is -0.501 e. The number of fused-ring (bicyclic) bond motifs is 1. The molecule has 0 radical (unpaired) electrons. The third kappa shape index (κ3) is 1.93. The van der Waals surface area contributed by atoms with Crippen molar-refractivity contribution < 1.29 is 10.0 Å². The number of nitro benzene ring substituents is 1. The molecule has 0 aliphatic carbocycles. The fraction of sp³-hybridized carbons (Fsp3) is 0.0769. The number of phenolic OH excluding ortho intramolecular Hbond substituents is 1. The first kappa shape index (κ1) is 12.7. The van der Waals surface area contributed by atoms with E-state index >= 15 is 0 Å².